The van der Waals surface area contributed by atoms with E-state index < -0.39 is 0 Å². The maximum absolute atomic E-state index is 13.2. The number of benzene rings is 1. The lowest BCUT2D eigenvalue weighted by Crippen LogP contribution is -2.38. The van der Waals surface area contributed by atoms with Crippen molar-refractivity contribution in [2.75, 3.05) is 18.5 Å². The van der Waals surface area contributed by atoms with Gasteiger partial charge in [-0.25, -0.2) is 4.39 Å². The summed E-state index contributed by atoms with van der Waals surface area (Å²) in [6.07, 6.45) is 6.60. The van der Waals surface area contributed by atoms with Crippen LogP contribution < -0.4 is 10.2 Å². The molecule has 2 aliphatic heterocycles. The summed E-state index contributed by atoms with van der Waals surface area (Å²) in [4.78, 5) is 2.17. The molecular weight excluding hydrogens is 239 g/mol. The molecule has 0 saturated carbocycles. The Labute approximate surface area is 115 Å². The van der Waals surface area contributed by atoms with Gasteiger partial charge in [0.25, 0.3) is 0 Å². The highest BCUT2D eigenvalue weighted by atomic mass is 19.1. The quantitative estimate of drug-likeness (QED) is 0.896. The molecule has 3 rings (SSSR count). The summed E-state index contributed by atoms with van der Waals surface area (Å²) in [6, 6.07) is 8.42. The normalized spacial score (nSPS) is 29.5. The van der Waals surface area contributed by atoms with Crippen molar-refractivity contribution in [3.8, 4) is 0 Å². The van der Waals surface area contributed by atoms with E-state index in [4.69, 9.17) is 0 Å². The Bertz CT molecular complexity index is 423. The Balaban J connectivity index is 1.52. The van der Waals surface area contributed by atoms with E-state index in [9.17, 15) is 4.39 Å². The Hall–Kier alpha value is -1.09. The van der Waals surface area contributed by atoms with Gasteiger partial charge in [-0.05, 0) is 56.2 Å². The SMILES string of the molecule is CN(CCC1CC2CCC(C1)N2)c1cccc(F)c1. The molecule has 2 unspecified atom stereocenters. The number of hydrogen-bond donors (Lipinski definition) is 1. The van der Waals surface area contributed by atoms with Crippen molar-refractivity contribution in [3.05, 3.63) is 30.1 Å². The van der Waals surface area contributed by atoms with Crippen LogP contribution in [0.1, 0.15) is 32.1 Å². The zero-order chi connectivity index (χ0) is 13.2. The molecule has 1 aromatic carbocycles. The molecular formula is C16H23FN2. The van der Waals surface area contributed by atoms with Gasteiger partial charge < -0.3 is 10.2 Å². The summed E-state index contributed by atoms with van der Waals surface area (Å²) in [7, 11) is 2.06. The molecule has 2 fully saturated rings. The fraction of sp³-hybridized carbons (Fsp3) is 0.625. The number of anilines is 1. The van der Waals surface area contributed by atoms with Crippen molar-refractivity contribution < 1.29 is 4.39 Å². The van der Waals surface area contributed by atoms with Crippen LogP contribution in [0.3, 0.4) is 0 Å². The van der Waals surface area contributed by atoms with Gasteiger partial charge in [0, 0.05) is 31.4 Å². The summed E-state index contributed by atoms with van der Waals surface area (Å²) < 4.78 is 13.2. The second kappa shape index (κ2) is 5.49. The van der Waals surface area contributed by atoms with Crippen LogP contribution in [0.15, 0.2) is 24.3 Å². The number of nitrogens with one attached hydrogen (secondary N) is 1. The van der Waals surface area contributed by atoms with Crippen LogP contribution in [-0.2, 0) is 0 Å². The summed E-state index contributed by atoms with van der Waals surface area (Å²) in [5, 5.41) is 3.68. The lowest BCUT2D eigenvalue weighted by molar-refractivity contribution is 0.288. The first-order valence-corrected chi connectivity index (χ1v) is 7.43. The van der Waals surface area contributed by atoms with E-state index in [1.54, 1.807) is 12.1 Å². The second-order valence-corrected chi connectivity index (χ2v) is 6.17. The van der Waals surface area contributed by atoms with Crippen molar-refractivity contribution in [1.82, 2.24) is 5.32 Å². The van der Waals surface area contributed by atoms with Crippen LogP contribution in [-0.4, -0.2) is 25.7 Å². The largest absolute Gasteiger partial charge is 0.375 e. The van der Waals surface area contributed by atoms with Crippen LogP contribution >= 0.6 is 0 Å². The van der Waals surface area contributed by atoms with E-state index in [0.29, 0.717) is 0 Å². The third kappa shape index (κ3) is 3.08. The zero-order valence-electron chi connectivity index (χ0n) is 11.6. The topological polar surface area (TPSA) is 15.3 Å². The minimum atomic E-state index is -0.149. The van der Waals surface area contributed by atoms with Gasteiger partial charge in [0.1, 0.15) is 5.82 Å². The highest BCUT2D eigenvalue weighted by Gasteiger charge is 2.33. The molecule has 0 radical (unpaired) electrons. The molecule has 2 bridgehead atoms. The molecule has 2 atom stereocenters. The van der Waals surface area contributed by atoms with Crippen LogP contribution in [0.5, 0.6) is 0 Å². The zero-order valence-corrected chi connectivity index (χ0v) is 11.6. The van der Waals surface area contributed by atoms with Gasteiger partial charge >= 0.3 is 0 Å². The van der Waals surface area contributed by atoms with E-state index in [-0.39, 0.29) is 5.82 Å². The predicted molar refractivity (Wildman–Crippen MR) is 77.0 cm³/mol. The fourth-order valence-electron chi connectivity index (χ4n) is 3.63. The monoisotopic (exact) mass is 262 g/mol. The molecule has 0 amide bonds. The van der Waals surface area contributed by atoms with E-state index in [1.165, 1.54) is 38.2 Å². The van der Waals surface area contributed by atoms with Gasteiger partial charge in [-0.1, -0.05) is 6.07 Å². The Morgan fingerprint density at radius 1 is 1.26 bits per heavy atom. The molecule has 2 nitrogen and oxygen atoms in total. The Morgan fingerprint density at radius 3 is 2.68 bits per heavy atom. The van der Waals surface area contributed by atoms with Crippen LogP contribution in [0.4, 0.5) is 10.1 Å². The third-order valence-electron chi connectivity index (χ3n) is 4.69. The number of rotatable bonds is 4. The average Bonchev–Trinajstić information content (AvgIpc) is 2.75. The van der Waals surface area contributed by atoms with E-state index in [0.717, 1.165) is 30.2 Å². The van der Waals surface area contributed by atoms with Gasteiger partial charge in [-0.2, -0.15) is 0 Å². The smallest absolute Gasteiger partial charge is 0.125 e. The van der Waals surface area contributed by atoms with Gasteiger partial charge in [0.05, 0.1) is 0 Å². The molecule has 104 valence electrons. The summed E-state index contributed by atoms with van der Waals surface area (Å²) in [5.41, 5.74) is 0.983. The van der Waals surface area contributed by atoms with Crippen molar-refractivity contribution >= 4 is 5.69 Å². The molecule has 0 spiro atoms. The Morgan fingerprint density at radius 2 is 2.00 bits per heavy atom. The van der Waals surface area contributed by atoms with Crippen LogP contribution in [0.25, 0.3) is 0 Å². The minimum Gasteiger partial charge on any atom is -0.375 e. The van der Waals surface area contributed by atoms with Crippen molar-refractivity contribution in [1.29, 1.82) is 0 Å². The number of halogens is 1. The van der Waals surface area contributed by atoms with Crippen molar-refractivity contribution in [2.24, 2.45) is 5.92 Å². The summed E-state index contributed by atoms with van der Waals surface area (Å²) >= 11 is 0. The first-order valence-electron chi connectivity index (χ1n) is 7.43. The maximum Gasteiger partial charge on any atom is 0.125 e. The highest BCUT2D eigenvalue weighted by Crippen LogP contribution is 2.32. The van der Waals surface area contributed by atoms with Crippen molar-refractivity contribution in [2.45, 2.75) is 44.2 Å². The Kier molecular flexibility index (Phi) is 3.74. The summed E-state index contributed by atoms with van der Waals surface area (Å²) in [5.74, 6) is 0.694. The second-order valence-electron chi connectivity index (χ2n) is 6.17. The maximum atomic E-state index is 13.2. The molecule has 0 aromatic heterocycles. The standard InChI is InChI=1S/C16H23FN2/c1-19(16-4-2-3-13(17)11-16)8-7-12-9-14-5-6-15(10-12)18-14/h2-4,11-12,14-15,18H,5-10H2,1H3. The minimum absolute atomic E-state index is 0.149. The average molecular weight is 262 g/mol. The lowest BCUT2D eigenvalue weighted by atomic mass is 9.89. The molecule has 1 aromatic rings. The number of fused-ring (bicyclic) bond motifs is 2. The number of hydrogen-bond acceptors (Lipinski definition) is 2. The number of piperidine rings is 1. The molecule has 19 heavy (non-hydrogen) atoms. The van der Waals surface area contributed by atoms with Gasteiger partial charge in [0.2, 0.25) is 0 Å². The van der Waals surface area contributed by atoms with Gasteiger partial charge in [-0.3, -0.25) is 0 Å². The van der Waals surface area contributed by atoms with Crippen LogP contribution in [0.2, 0.25) is 0 Å². The van der Waals surface area contributed by atoms with Crippen LogP contribution in [0, 0.1) is 11.7 Å². The predicted octanol–water partition coefficient (Wildman–Crippen LogP) is 3.18. The molecule has 0 aliphatic carbocycles. The molecule has 1 N–H and O–H groups in total. The van der Waals surface area contributed by atoms with E-state index in [2.05, 4.69) is 17.3 Å². The number of nitrogens with zero attached hydrogens (tertiary/aromatic N) is 1. The van der Waals surface area contributed by atoms with Gasteiger partial charge in [0.15, 0.2) is 0 Å². The van der Waals surface area contributed by atoms with E-state index >= 15 is 0 Å². The molecule has 2 saturated heterocycles. The third-order valence-corrected chi connectivity index (χ3v) is 4.69. The van der Waals surface area contributed by atoms with E-state index in [1.807, 2.05) is 6.07 Å². The van der Waals surface area contributed by atoms with Gasteiger partial charge in [-0.15, -0.1) is 0 Å². The highest BCUT2D eigenvalue weighted by molar-refractivity contribution is 5.45. The first kappa shape index (κ1) is 12.9. The first-order chi connectivity index (χ1) is 9.20. The molecule has 3 heteroatoms. The van der Waals surface area contributed by atoms with Crippen molar-refractivity contribution in [3.63, 3.8) is 0 Å². The molecule has 2 heterocycles. The lowest BCUT2D eigenvalue weighted by Gasteiger charge is -2.30. The fourth-order valence-corrected chi connectivity index (χ4v) is 3.63. The summed E-state index contributed by atoms with van der Waals surface area (Å²) in [6.45, 7) is 1.02. The molecule has 2 aliphatic rings.